The maximum atomic E-state index is 14.7. The van der Waals surface area contributed by atoms with Crippen LogP contribution >= 0.6 is 0 Å². The molecule has 2 aliphatic rings. The van der Waals surface area contributed by atoms with Crippen LogP contribution in [0.1, 0.15) is 17.5 Å². The molecule has 0 amide bonds. The van der Waals surface area contributed by atoms with E-state index < -0.39 is 0 Å². The van der Waals surface area contributed by atoms with Gasteiger partial charge in [0.1, 0.15) is 17.2 Å². The van der Waals surface area contributed by atoms with Gasteiger partial charge in [0.05, 0.1) is 11.7 Å². The van der Waals surface area contributed by atoms with Crippen LogP contribution in [0.25, 0.3) is 33.2 Å². The van der Waals surface area contributed by atoms with Gasteiger partial charge in [-0.05, 0) is 54.0 Å². The molecule has 3 atom stereocenters. The third-order valence-corrected chi connectivity index (χ3v) is 8.60. The molecule has 1 aliphatic heterocycles. The first-order valence-corrected chi connectivity index (χ1v) is 12.5. The van der Waals surface area contributed by atoms with Crippen molar-refractivity contribution in [2.45, 2.75) is 18.8 Å². The summed E-state index contributed by atoms with van der Waals surface area (Å²) in [6.07, 6.45) is 6.88. The van der Waals surface area contributed by atoms with Gasteiger partial charge in [-0.25, -0.2) is 14.4 Å². The molecule has 2 fully saturated rings. The Morgan fingerprint density at radius 3 is 2.86 bits per heavy atom. The SMILES string of the molecule is Cc1c(-c2c[nH]c3nc(N4CC[C@@H]5[C@H](C4)[C@@]5(CN)c4ccccc4F)cnc23)ccc2nn(C)cc12. The monoisotopic (exact) mass is 481 g/mol. The Hall–Kier alpha value is -3.78. The maximum absolute atomic E-state index is 14.7. The molecule has 7 rings (SSSR count). The van der Waals surface area contributed by atoms with E-state index in [1.165, 1.54) is 5.56 Å². The van der Waals surface area contributed by atoms with Gasteiger partial charge >= 0.3 is 0 Å². The summed E-state index contributed by atoms with van der Waals surface area (Å²) >= 11 is 0. The molecule has 5 aromatic rings. The summed E-state index contributed by atoms with van der Waals surface area (Å²) in [7, 11) is 1.94. The van der Waals surface area contributed by atoms with Crippen molar-refractivity contribution in [1.82, 2.24) is 24.7 Å². The van der Waals surface area contributed by atoms with Crippen molar-refractivity contribution in [2.75, 3.05) is 24.5 Å². The summed E-state index contributed by atoms with van der Waals surface area (Å²) in [6.45, 7) is 4.25. The van der Waals surface area contributed by atoms with Gasteiger partial charge in [-0.2, -0.15) is 5.10 Å². The lowest BCUT2D eigenvalue weighted by Gasteiger charge is -2.27. The number of aromatic amines is 1. The molecule has 182 valence electrons. The van der Waals surface area contributed by atoms with Crippen LogP contribution < -0.4 is 10.6 Å². The highest BCUT2D eigenvalue weighted by atomic mass is 19.1. The van der Waals surface area contributed by atoms with Gasteiger partial charge in [0.2, 0.25) is 0 Å². The molecule has 3 aromatic heterocycles. The zero-order valence-corrected chi connectivity index (χ0v) is 20.4. The molecule has 0 radical (unpaired) electrons. The zero-order valence-electron chi connectivity index (χ0n) is 20.4. The first kappa shape index (κ1) is 21.5. The average Bonchev–Trinajstić information content (AvgIpc) is 3.12. The van der Waals surface area contributed by atoms with E-state index in [0.29, 0.717) is 18.4 Å². The minimum absolute atomic E-state index is 0.149. The van der Waals surface area contributed by atoms with E-state index in [9.17, 15) is 4.39 Å². The summed E-state index contributed by atoms with van der Waals surface area (Å²) in [5.41, 5.74) is 12.7. The molecule has 36 heavy (non-hydrogen) atoms. The van der Waals surface area contributed by atoms with E-state index in [-0.39, 0.29) is 11.2 Å². The molecule has 0 bridgehead atoms. The lowest BCUT2D eigenvalue weighted by atomic mass is 9.91. The first-order chi connectivity index (χ1) is 17.5. The second-order valence-electron chi connectivity index (χ2n) is 10.3. The number of aromatic nitrogens is 5. The van der Waals surface area contributed by atoms with Gasteiger partial charge in [-0.15, -0.1) is 0 Å². The van der Waals surface area contributed by atoms with Gasteiger partial charge in [0.15, 0.2) is 5.65 Å². The van der Waals surface area contributed by atoms with Crippen molar-refractivity contribution in [3.63, 3.8) is 0 Å². The van der Waals surface area contributed by atoms with E-state index in [1.807, 2.05) is 36.3 Å². The first-order valence-electron chi connectivity index (χ1n) is 12.5. The molecule has 1 saturated carbocycles. The summed E-state index contributed by atoms with van der Waals surface area (Å²) in [6, 6.07) is 11.3. The Morgan fingerprint density at radius 1 is 1.17 bits per heavy atom. The highest BCUT2D eigenvalue weighted by Crippen LogP contribution is 2.63. The van der Waals surface area contributed by atoms with E-state index in [4.69, 9.17) is 15.7 Å². The standard InChI is InChI=1S/C28H28FN7/c1-16-17(7-8-24-19(16)13-35(2)34-24)18-11-32-27-26(18)31-12-25(33-27)36-10-9-20-22(14-36)28(20,15-30)21-5-3-4-6-23(21)29/h3-8,11-13,20,22H,9-10,14-15,30H2,1-2H3,(H,32,33)/t20-,22+,28-/m1/s1. The topological polar surface area (TPSA) is 88.7 Å². The van der Waals surface area contributed by atoms with Crippen LogP contribution in [-0.2, 0) is 12.5 Å². The summed E-state index contributed by atoms with van der Waals surface area (Å²) in [4.78, 5) is 15.4. The highest BCUT2D eigenvalue weighted by molar-refractivity contribution is 5.96. The summed E-state index contributed by atoms with van der Waals surface area (Å²) < 4.78 is 16.5. The number of halogens is 1. The highest BCUT2D eigenvalue weighted by Gasteiger charge is 2.66. The fourth-order valence-corrected chi connectivity index (χ4v) is 6.72. The van der Waals surface area contributed by atoms with Crippen LogP contribution in [0.4, 0.5) is 10.2 Å². The Labute approximate surface area is 208 Å². The van der Waals surface area contributed by atoms with Crippen LogP contribution in [0.5, 0.6) is 0 Å². The number of H-pyrrole nitrogens is 1. The molecule has 4 heterocycles. The van der Waals surface area contributed by atoms with Crippen LogP contribution in [-0.4, -0.2) is 44.4 Å². The summed E-state index contributed by atoms with van der Waals surface area (Å²) in [5.74, 6) is 1.43. The van der Waals surface area contributed by atoms with Crippen LogP contribution in [0.2, 0.25) is 0 Å². The van der Waals surface area contributed by atoms with Gasteiger partial charge < -0.3 is 15.6 Å². The predicted molar refractivity (Wildman–Crippen MR) is 139 cm³/mol. The molecule has 0 spiro atoms. The number of hydrogen-bond acceptors (Lipinski definition) is 5. The molecule has 7 nitrogen and oxygen atoms in total. The van der Waals surface area contributed by atoms with E-state index >= 15 is 0 Å². The fourth-order valence-electron chi connectivity index (χ4n) is 6.72. The molecular weight excluding hydrogens is 453 g/mol. The Kier molecular flexibility index (Phi) is 4.54. The molecule has 1 aliphatic carbocycles. The molecule has 2 aromatic carbocycles. The third-order valence-electron chi connectivity index (χ3n) is 8.60. The third kappa shape index (κ3) is 2.91. The normalized spacial score (nSPS) is 23.4. The van der Waals surface area contributed by atoms with Crippen LogP contribution in [0.3, 0.4) is 0 Å². The van der Waals surface area contributed by atoms with Crippen molar-refractivity contribution < 1.29 is 4.39 Å². The number of hydrogen-bond donors (Lipinski definition) is 2. The number of rotatable bonds is 4. The quantitative estimate of drug-likeness (QED) is 0.399. The Morgan fingerprint density at radius 2 is 2.03 bits per heavy atom. The van der Waals surface area contributed by atoms with Crippen LogP contribution in [0, 0.1) is 24.6 Å². The Balaban J connectivity index is 1.20. The van der Waals surface area contributed by atoms with Crippen molar-refractivity contribution in [1.29, 1.82) is 0 Å². The van der Waals surface area contributed by atoms with Crippen molar-refractivity contribution >= 4 is 27.9 Å². The molecule has 0 unspecified atom stereocenters. The van der Waals surface area contributed by atoms with E-state index in [2.05, 4.69) is 40.2 Å². The van der Waals surface area contributed by atoms with Crippen molar-refractivity contribution in [3.05, 3.63) is 71.9 Å². The number of aryl methyl sites for hydroxylation is 2. The van der Waals surface area contributed by atoms with Crippen molar-refractivity contribution in [3.8, 4) is 11.1 Å². The van der Waals surface area contributed by atoms with Gasteiger partial charge in [-0.1, -0.05) is 24.3 Å². The van der Waals surface area contributed by atoms with E-state index in [1.54, 1.807) is 12.1 Å². The number of piperidine rings is 1. The Bertz CT molecular complexity index is 1640. The lowest BCUT2D eigenvalue weighted by molar-refractivity contribution is 0.533. The minimum atomic E-state index is -0.278. The minimum Gasteiger partial charge on any atom is -0.355 e. The van der Waals surface area contributed by atoms with Gasteiger partial charge in [0.25, 0.3) is 0 Å². The molecule has 1 saturated heterocycles. The smallest absolute Gasteiger partial charge is 0.159 e. The summed E-state index contributed by atoms with van der Waals surface area (Å²) in [5, 5.41) is 5.66. The number of anilines is 1. The average molecular weight is 482 g/mol. The predicted octanol–water partition coefficient (Wildman–Crippen LogP) is 4.31. The second kappa shape index (κ2) is 7.61. The number of nitrogens with zero attached hydrogens (tertiary/aromatic N) is 5. The zero-order chi connectivity index (χ0) is 24.6. The number of fused-ring (bicyclic) bond motifs is 3. The largest absolute Gasteiger partial charge is 0.355 e. The second-order valence-corrected chi connectivity index (χ2v) is 10.3. The number of nitrogens with two attached hydrogens (primary N) is 1. The van der Waals surface area contributed by atoms with Crippen LogP contribution in [0.15, 0.2) is 55.0 Å². The molecule has 8 heteroatoms. The van der Waals surface area contributed by atoms with Crippen molar-refractivity contribution in [2.24, 2.45) is 24.6 Å². The van der Waals surface area contributed by atoms with E-state index in [0.717, 1.165) is 64.1 Å². The lowest BCUT2D eigenvalue weighted by Crippen LogP contribution is -2.32. The van der Waals surface area contributed by atoms with Gasteiger partial charge in [-0.3, -0.25) is 4.68 Å². The maximum Gasteiger partial charge on any atom is 0.159 e. The number of nitrogens with one attached hydrogen (secondary N) is 1. The van der Waals surface area contributed by atoms with Gasteiger partial charge in [0, 0.05) is 55.4 Å². The molecular formula is C28H28FN7. The molecule has 3 N–H and O–H groups in total. The number of benzene rings is 2. The fraction of sp³-hybridized carbons (Fsp3) is 0.321.